The molecule has 0 radical (unpaired) electrons. The molecule has 27 heavy (non-hydrogen) atoms. The molecule has 2 amide bonds. The van der Waals surface area contributed by atoms with Gasteiger partial charge in [-0.25, -0.2) is 4.98 Å². The monoisotopic (exact) mass is 390 g/mol. The average molecular weight is 391 g/mol. The summed E-state index contributed by atoms with van der Waals surface area (Å²) in [6.07, 6.45) is 3.94. The van der Waals surface area contributed by atoms with Gasteiger partial charge in [-0.2, -0.15) is 0 Å². The Bertz CT molecular complexity index is 734. The number of rotatable bonds is 4. The number of piperidine rings is 3. The molecule has 3 aliphatic rings. The van der Waals surface area contributed by atoms with E-state index in [1.165, 1.54) is 11.3 Å². The topological polar surface area (TPSA) is 65.5 Å². The van der Waals surface area contributed by atoms with Crippen molar-refractivity contribution in [2.75, 3.05) is 19.6 Å². The van der Waals surface area contributed by atoms with Crippen LogP contribution in [0.3, 0.4) is 0 Å². The van der Waals surface area contributed by atoms with E-state index in [1.54, 1.807) is 18.3 Å². The van der Waals surface area contributed by atoms with Crippen LogP contribution in [0.2, 0.25) is 0 Å². The van der Waals surface area contributed by atoms with Crippen LogP contribution in [0.25, 0.3) is 0 Å². The molecule has 0 spiro atoms. The standard InChI is InChI=1S/C20H30N4O2S/c1-12-19(27-14(3)22-12)11-23-9-15-7-16(10-23)18(8-21-13(2)25)24-17(15)5-4-6-20(24)26/h15-18H,4-11H2,1-3H3,(H,21,25)/t15-,16+,17+,18+/m1/s1. The van der Waals surface area contributed by atoms with Gasteiger partial charge in [-0.3, -0.25) is 14.5 Å². The van der Waals surface area contributed by atoms with Crippen molar-refractivity contribution in [3.63, 3.8) is 0 Å². The van der Waals surface area contributed by atoms with E-state index in [1.807, 2.05) is 0 Å². The maximum atomic E-state index is 12.7. The predicted molar refractivity (Wildman–Crippen MR) is 105 cm³/mol. The molecule has 2 bridgehead atoms. The molecule has 4 heterocycles. The van der Waals surface area contributed by atoms with Crippen molar-refractivity contribution in [2.24, 2.45) is 11.8 Å². The van der Waals surface area contributed by atoms with E-state index in [-0.39, 0.29) is 11.9 Å². The number of carbonyl (C=O) groups is 2. The van der Waals surface area contributed by atoms with Crippen molar-refractivity contribution in [3.8, 4) is 0 Å². The second-order valence-corrected chi connectivity index (χ2v) is 9.74. The third-order valence-electron chi connectivity index (χ3n) is 6.50. The van der Waals surface area contributed by atoms with Crippen molar-refractivity contribution in [1.82, 2.24) is 20.1 Å². The maximum Gasteiger partial charge on any atom is 0.223 e. The van der Waals surface area contributed by atoms with Gasteiger partial charge < -0.3 is 10.2 Å². The van der Waals surface area contributed by atoms with Crippen LogP contribution in [0.15, 0.2) is 0 Å². The summed E-state index contributed by atoms with van der Waals surface area (Å²) in [6.45, 7) is 9.33. The lowest BCUT2D eigenvalue weighted by molar-refractivity contribution is -0.153. The van der Waals surface area contributed by atoms with Crippen LogP contribution >= 0.6 is 11.3 Å². The van der Waals surface area contributed by atoms with Crippen molar-refractivity contribution >= 4 is 23.2 Å². The highest BCUT2D eigenvalue weighted by molar-refractivity contribution is 7.11. The van der Waals surface area contributed by atoms with Gasteiger partial charge in [0.05, 0.1) is 16.7 Å². The Labute approximate surface area is 165 Å². The minimum atomic E-state index is -0.0124. The highest BCUT2D eigenvalue weighted by Crippen LogP contribution is 2.42. The number of thiazole rings is 1. The number of hydrogen-bond acceptors (Lipinski definition) is 5. The average Bonchev–Trinajstić information content (AvgIpc) is 2.92. The first-order valence-corrected chi connectivity index (χ1v) is 10.9. The van der Waals surface area contributed by atoms with Gasteiger partial charge in [-0.15, -0.1) is 11.3 Å². The van der Waals surface area contributed by atoms with E-state index in [0.29, 0.717) is 36.8 Å². The lowest BCUT2D eigenvalue weighted by Crippen LogP contribution is -2.66. The molecule has 3 fully saturated rings. The van der Waals surface area contributed by atoms with Crippen LogP contribution in [0.5, 0.6) is 0 Å². The van der Waals surface area contributed by atoms with Gasteiger partial charge in [0.2, 0.25) is 11.8 Å². The molecule has 4 rings (SSSR count). The van der Waals surface area contributed by atoms with Gasteiger partial charge in [0.1, 0.15) is 0 Å². The zero-order valence-corrected chi connectivity index (χ0v) is 17.3. The van der Waals surface area contributed by atoms with E-state index in [9.17, 15) is 9.59 Å². The maximum absolute atomic E-state index is 12.7. The van der Waals surface area contributed by atoms with E-state index < -0.39 is 0 Å². The van der Waals surface area contributed by atoms with Gasteiger partial charge in [0.25, 0.3) is 0 Å². The Morgan fingerprint density at radius 3 is 2.78 bits per heavy atom. The molecule has 1 aromatic rings. The summed E-state index contributed by atoms with van der Waals surface area (Å²) in [4.78, 5) is 34.9. The molecule has 1 N–H and O–H groups in total. The lowest BCUT2D eigenvalue weighted by atomic mass is 9.72. The number of nitrogens with zero attached hydrogens (tertiary/aromatic N) is 3. The molecule has 1 aromatic heterocycles. The fourth-order valence-corrected chi connectivity index (χ4v) is 6.42. The minimum Gasteiger partial charge on any atom is -0.354 e. The van der Waals surface area contributed by atoms with Crippen LogP contribution in [0.1, 0.15) is 48.2 Å². The van der Waals surface area contributed by atoms with Crippen LogP contribution < -0.4 is 5.32 Å². The minimum absolute atomic E-state index is 0.0124. The smallest absolute Gasteiger partial charge is 0.223 e. The zero-order chi connectivity index (χ0) is 19.1. The second-order valence-electron chi connectivity index (χ2n) is 8.46. The van der Waals surface area contributed by atoms with Gasteiger partial charge >= 0.3 is 0 Å². The summed E-state index contributed by atoms with van der Waals surface area (Å²) in [5.74, 6) is 1.26. The molecule has 4 atom stereocenters. The summed E-state index contributed by atoms with van der Waals surface area (Å²) >= 11 is 1.80. The fourth-order valence-electron chi connectivity index (χ4n) is 5.44. The van der Waals surface area contributed by atoms with Crippen molar-refractivity contribution < 1.29 is 9.59 Å². The molecular formula is C20H30N4O2S. The summed E-state index contributed by atoms with van der Waals surface area (Å²) < 4.78 is 0. The first-order valence-electron chi connectivity index (χ1n) is 10.1. The summed E-state index contributed by atoms with van der Waals surface area (Å²) in [6, 6.07) is 0.475. The van der Waals surface area contributed by atoms with Gasteiger partial charge in [0, 0.05) is 50.4 Å². The Kier molecular flexibility index (Phi) is 5.25. The fraction of sp³-hybridized carbons (Fsp3) is 0.750. The Morgan fingerprint density at radius 1 is 1.30 bits per heavy atom. The normalized spacial score (nSPS) is 30.9. The van der Waals surface area contributed by atoms with E-state index in [2.05, 4.69) is 33.9 Å². The van der Waals surface area contributed by atoms with E-state index in [4.69, 9.17) is 0 Å². The molecule has 3 saturated heterocycles. The van der Waals surface area contributed by atoms with Gasteiger partial charge in [0.15, 0.2) is 0 Å². The van der Waals surface area contributed by atoms with E-state index in [0.717, 1.165) is 43.2 Å². The van der Waals surface area contributed by atoms with Gasteiger partial charge in [-0.1, -0.05) is 0 Å². The second kappa shape index (κ2) is 7.51. The van der Waals surface area contributed by atoms with Crippen molar-refractivity contribution in [1.29, 1.82) is 0 Å². The Morgan fingerprint density at radius 2 is 2.07 bits per heavy atom. The Hall–Kier alpha value is -1.47. The molecule has 148 valence electrons. The van der Waals surface area contributed by atoms with Gasteiger partial charge in [-0.05, 0) is 44.9 Å². The number of aromatic nitrogens is 1. The highest BCUT2D eigenvalue weighted by atomic mass is 32.1. The number of nitrogens with one attached hydrogen (secondary N) is 1. The van der Waals surface area contributed by atoms with Crippen molar-refractivity contribution in [2.45, 2.75) is 65.1 Å². The summed E-state index contributed by atoms with van der Waals surface area (Å²) in [5.41, 5.74) is 1.15. The number of aryl methyl sites for hydroxylation is 2. The summed E-state index contributed by atoms with van der Waals surface area (Å²) in [7, 11) is 0. The highest BCUT2D eigenvalue weighted by Gasteiger charge is 2.49. The quantitative estimate of drug-likeness (QED) is 0.855. The van der Waals surface area contributed by atoms with Crippen molar-refractivity contribution in [3.05, 3.63) is 15.6 Å². The number of carbonyl (C=O) groups excluding carboxylic acids is 2. The number of fused-ring (bicyclic) bond motifs is 4. The van der Waals surface area contributed by atoms with Crippen LogP contribution in [-0.2, 0) is 16.1 Å². The number of hydrogen-bond donors (Lipinski definition) is 1. The molecule has 0 aromatic carbocycles. The number of likely N-dealkylation sites (tertiary alicyclic amines) is 1. The third kappa shape index (κ3) is 3.76. The van der Waals surface area contributed by atoms with Crippen LogP contribution in [-0.4, -0.2) is 58.3 Å². The predicted octanol–water partition coefficient (Wildman–Crippen LogP) is 2.10. The molecule has 6 nitrogen and oxygen atoms in total. The largest absolute Gasteiger partial charge is 0.354 e. The molecule has 0 aliphatic carbocycles. The lowest BCUT2D eigenvalue weighted by Gasteiger charge is -2.56. The summed E-state index contributed by atoms with van der Waals surface area (Å²) in [5, 5.41) is 4.12. The third-order valence-corrected chi connectivity index (χ3v) is 7.56. The molecule has 0 saturated carbocycles. The van der Waals surface area contributed by atoms with E-state index >= 15 is 0 Å². The Balaban J connectivity index is 1.55. The first kappa shape index (κ1) is 18.9. The zero-order valence-electron chi connectivity index (χ0n) is 16.5. The molecule has 0 unspecified atom stereocenters. The van der Waals surface area contributed by atoms with Crippen LogP contribution in [0.4, 0.5) is 0 Å². The molecule has 3 aliphatic heterocycles. The first-order chi connectivity index (χ1) is 12.9. The molecular weight excluding hydrogens is 360 g/mol. The SMILES string of the molecule is CC(=O)NC[C@H]1[C@H]2C[C@H](CN(Cc3sc(C)nc3C)C2)[C@@H]2CCCC(=O)N21. The number of amides is 2. The van der Waals surface area contributed by atoms with Crippen LogP contribution in [0, 0.1) is 25.7 Å². The molecule has 7 heteroatoms.